The zero-order valence-electron chi connectivity index (χ0n) is 7.31. The fourth-order valence-electron chi connectivity index (χ4n) is 1.02. The van der Waals surface area contributed by atoms with Crippen LogP contribution in [0.5, 0.6) is 0 Å². The molecule has 0 amide bonds. The maximum Gasteiger partial charge on any atom is 0.358 e. The average Bonchev–Trinajstić information content (AvgIpc) is 2.61. The van der Waals surface area contributed by atoms with E-state index in [-0.39, 0.29) is 0 Å². The van der Waals surface area contributed by atoms with E-state index in [0.717, 1.165) is 0 Å². The average molecular weight is 229 g/mol. The summed E-state index contributed by atoms with van der Waals surface area (Å²) >= 11 is 6.22. The van der Waals surface area contributed by atoms with Crippen molar-refractivity contribution in [3.8, 4) is 0 Å². The van der Waals surface area contributed by atoms with Crippen molar-refractivity contribution in [1.82, 2.24) is 14.6 Å². The molecule has 0 saturated carbocycles. The minimum absolute atomic E-state index is 0.296. The van der Waals surface area contributed by atoms with E-state index in [4.69, 9.17) is 17.0 Å². The number of imidazole rings is 1. The second-order valence-corrected chi connectivity index (χ2v) is 4.14. The molecule has 2 rings (SSSR count). The third-order valence-corrected chi connectivity index (χ3v) is 2.64. The fourth-order valence-corrected chi connectivity index (χ4v) is 2.00. The number of H-pyrrole nitrogens is 1. The van der Waals surface area contributed by atoms with Gasteiger partial charge in [-0.05, 0) is 19.1 Å². The van der Waals surface area contributed by atoms with Gasteiger partial charge >= 0.3 is 5.97 Å². The molecule has 0 fully saturated rings. The lowest BCUT2D eigenvalue weighted by Gasteiger charge is -1.95. The molecule has 2 aromatic rings. The molecule has 5 nitrogen and oxygen atoms in total. The third-order valence-electron chi connectivity index (χ3n) is 1.55. The zero-order valence-corrected chi connectivity index (χ0v) is 8.94. The molecular weight excluding hydrogens is 222 g/mol. The summed E-state index contributed by atoms with van der Waals surface area (Å²) in [6.45, 7) is 2.10. The lowest BCUT2D eigenvalue weighted by Crippen LogP contribution is -2.04. The van der Waals surface area contributed by atoms with Crippen LogP contribution in [0.25, 0.3) is 4.96 Å². The number of esters is 1. The summed E-state index contributed by atoms with van der Waals surface area (Å²) in [6, 6.07) is 0. The van der Waals surface area contributed by atoms with Crippen molar-refractivity contribution in [2.24, 2.45) is 0 Å². The highest BCUT2D eigenvalue weighted by Crippen LogP contribution is 2.11. The fraction of sp³-hybridized carbons (Fsp3) is 0.286. The van der Waals surface area contributed by atoms with Crippen LogP contribution in [0, 0.1) is 3.95 Å². The lowest BCUT2D eigenvalue weighted by molar-refractivity contribution is 0.0520. The van der Waals surface area contributed by atoms with E-state index < -0.39 is 5.97 Å². The van der Waals surface area contributed by atoms with E-state index in [1.54, 1.807) is 17.6 Å². The van der Waals surface area contributed by atoms with Crippen LogP contribution in [0.4, 0.5) is 0 Å². The number of fused-ring (bicyclic) bond motifs is 1. The van der Waals surface area contributed by atoms with E-state index in [9.17, 15) is 4.79 Å². The summed E-state index contributed by atoms with van der Waals surface area (Å²) in [7, 11) is 0. The Bertz CT molecular complexity index is 490. The van der Waals surface area contributed by atoms with Crippen molar-refractivity contribution >= 4 is 34.5 Å². The standard InChI is InChI=1S/C7H7N3O2S2/c1-2-12-5(11)4-3-10-6(8-4)14-7(13)9-10/h3H,2H2,1H3,(H,9,13). The maximum absolute atomic E-state index is 11.3. The number of hydrogen-bond donors (Lipinski definition) is 1. The van der Waals surface area contributed by atoms with Crippen LogP contribution in [0.3, 0.4) is 0 Å². The van der Waals surface area contributed by atoms with E-state index >= 15 is 0 Å². The first-order valence-corrected chi connectivity index (χ1v) is 5.18. The number of aromatic amines is 1. The van der Waals surface area contributed by atoms with E-state index in [2.05, 4.69) is 10.1 Å². The molecule has 0 spiro atoms. The third kappa shape index (κ3) is 1.55. The number of nitrogens with zero attached hydrogens (tertiary/aromatic N) is 2. The second-order valence-electron chi connectivity index (χ2n) is 2.50. The van der Waals surface area contributed by atoms with Crippen LogP contribution in [0.15, 0.2) is 6.20 Å². The van der Waals surface area contributed by atoms with Gasteiger partial charge in [-0.25, -0.2) is 14.3 Å². The van der Waals surface area contributed by atoms with Crippen molar-refractivity contribution < 1.29 is 9.53 Å². The van der Waals surface area contributed by atoms with Gasteiger partial charge in [0.25, 0.3) is 0 Å². The molecule has 0 aliphatic carbocycles. The summed E-state index contributed by atoms with van der Waals surface area (Å²) in [5, 5.41) is 2.86. The molecule has 0 bridgehead atoms. The Morgan fingerprint density at radius 1 is 1.86 bits per heavy atom. The normalized spacial score (nSPS) is 10.6. The molecule has 0 saturated heterocycles. The number of carbonyl (C=O) groups excluding carboxylic acids is 1. The smallest absolute Gasteiger partial charge is 0.358 e. The molecule has 0 aliphatic rings. The number of hydrogen-bond acceptors (Lipinski definition) is 5. The van der Waals surface area contributed by atoms with Crippen molar-refractivity contribution in [2.45, 2.75) is 6.92 Å². The van der Waals surface area contributed by atoms with Gasteiger partial charge in [-0.2, -0.15) is 0 Å². The predicted octanol–water partition coefficient (Wildman–Crippen LogP) is 1.63. The van der Waals surface area contributed by atoms with Gasteiger partial charge in [0.15, 0.2) is 9.65 Å². The van der Waals surface area contributed by atoms with Crippen molar-refractivity contribution in [2.75, 3.05) is 6.61 Å². The summed E-state index contributed by atoms with van der Waals surface area (Å²) < 4.78 is 7.05. The first-order chi connectivity index (χ1) is 6.70. The molecule has 0 aliphatic heterocycles. The molecule has 7 heteroatoms. The van der Waals surface area contributed by atoms with Crippen LogP contribution in [-0.2, 0) is 4.74 Å². The molecule has 2 aromatic heterocycles. The number of carbonyl (C=O) groups is 1. The van der Waals surface area contributed by atoms with Gasteiger partial charge in [0, 0.05) is 0 Å². The van der Waals surface area contributed by atoms with Gasteiger partial charge in [0.05, 0.1) is 12.8 Å². The van der Waals surface area contributed by atoms with Gasteiger partial charge in [0.1, 0.15) is 0 Å². The molecular formula is C7H7N3O2S2. The first kappa shape index (κ1) is 9.35. The second kappa shape index (κ2) is 3.50. The molecule has 0 radical (unpaired) electrons. The SMILES string of the molecule is CCOC(=O)c1cn2[nH]c(=S)sc2n1. The lowest BCUT2D eigenvalue weighted by atomic mass is 10.5. The van der Waals surface area contributed by atoms with Gasteiger partial charge in [-0.1, -0.05) is 11.3 Å². The minimum Gasteiger partial charge on any atom is -0.461 e. The Labute approximate surface area is 88.3 Å². The highest BCUT2D eigenvalue weighted by molar-refractivity contribution is 7.73. The van der Waals surface area contributed by atoms with Gasteiger partial charge in [0.2, 0.25) is 4.96 Å². The topological polar surface area (TPSA) is 59.4 Å². The number of nitrogens with one attached hydrogen (secondary N) is 1. The summed E-state index contributed by atoms with van der Waals surface area (Å²) in [5.74, 6) is -0.414. The Kier molecular flexibility index (Phi) is 2.34. The first-order valence-electron chi connectivity index (χ1n) is 3.96. The molecule has 14 heavy (non-hydrogen) atoms. The maximum atomic E-state index is 11.3. The van der Waals surface area contributed by atoms with Gasteiger partial charge in [-0.3, -0.25) is 5.10 Å². The van der Waals surface area contributed by atoms with Crippen LogP contribution in [0.1, 0.15) is 17.4 Å². The summed E-state index contributed by atoms with van der Waals surface area (Å²) in [5.41, 5.74) is 0.296. The van der Waals surface area contributed by atoms with E-state index in [0.29, 0.717) is 21.2 Å². The Morgan fingerprint density at radius 2 is 2.64 bits per heavy atom. The van der Waals surface area contributed by atoms with Gasteiger partial charge in [-0.15, -0.1) is 0 Å². The highest BCUT2D eigenvalue weighted by Gasteiger charge is 2.12. The van der Waals surface area contributed by atoms with Crippen LogP contribution >= 0.6 is 23.6 Å². The Balaban J connectivity index is 2.40. The Hall–Kier alpha value is -1.21. The van der Waals surface area contributed by atoms with Crippen molar-refractivity contribution in [3.05, 3.63) is 15.8 Å². The molecule has 0 atom stereocenters. The van der Waals surface area contributed by atoms with Crippen LogP contribution in [0.2, 0.25) is 0 Å². The molecule has 0 unspecified atom stereocenters. The van der Waals surface area contributed by atoms with E-state index in [1.807, 2.05) is 0 Å². The van der Waals surface area contributed by atoms with Crippen molar-refractivity contribution in [1.29, 1.82) is 0 Å². The summed E-state index contributed by atoms with van der Waals surface area (Å²) in [6.07, 6.45) is 1.57. The Morgan fingerprint density at radius 3 is 3.29 bits per heavy atom. The molecule has 74 valence electrons. The summed E-state index contributed by atoms with van der Waals surface area (Å²) in [4.78, 5) is 16.0. The predicted molar refractivity (Wildman–Crippen MR) is 54.2 cm³/mol. The quantitative estimate of drug-likeness (QED) is 0.628. The molecule has 2 heterocycles. The number of rotatable bonds is 2. The molecule has 0 aromatic carbocycles. The largest absolute Gasteiger partial charge is 0.461 e. The molecule has 1 N–H and O–H groups in total. The zero-order chi connectivity index (χ0) is 10.1. The van der Waals surface area contributed by atoms with Crippen LogP contribution < -0.4 is 0 Å². The van der Waals surface area contributed by atoms with Crippen LogP contribution in [-0.4, -0.2) is 27.2 Å². The number of aromatic nitrogens is 3. The highest BCUT2D eigenvalue weighted by atomic mass is 32.1. The van der Waals surface area contributed by atoms with Crippen molar-refractivity contribution in [3.63, 3.8) is 0 Å². The van der Waals surface area contributed by atoms with Gasteiger partial charge < -0.3 is 4.74 Å². The number of ether oxygens (including phenoxy) is 1. The minimum atomic E-state index is -0.414. The monoisotopic (exact) mass is 229 g/mol. The van der Waals surface area contributed by atoms with E-state index in [1.165, 1.54) is 11.3 Å².